The number of hydrogen-bond acceptors (Lipinski definition) is 8. The highest BCUT2D eigenvalue weighted by Crippen LogP contribution is 2.33. The standard InChI is InChI=1S/C34H63ClN2O6S/c1-6-8-9-10-11-12-13-14-15-16-17-18-19-21-27(38)42-32-29(39)31(43-34(44-5)30(32)40)28(24(3)35)36-33(41)26-22-25(20-7-2)23-37(26)4/h24-26,28-32,34,39-40H,6-23H2,1-5H3,(H,36,41)/t24?,25?,26-,28?,29+,30?,31?,32?,34-/m1/s1. The molecule has 2 fully saturated rings. The van der Waals surface area contributed by atoms with E-state index in [-0.39, 0.29) is 18.4 Å². The van der Waals surface area contributed by atoms with Crippen molar-refractivity contribution < 1.29 is 29.3 Å². The van der Waals surface area contributed by atoms with Crippen molar-refractivity contribution in [1.29, 1.82) is 0 Å². The molecule has 2 aliphatic rings. The van der Waals surface area contributed by atoms with Crippen LogP contribution in [0.25, 0.3) is 0 Å². The molecule has 2 rings (SSSR count). The maximum absolute atomic E-state index is 13.4. The quantitative estimate of drug-likeness (QED) is 0.0693. The van der Waals surface area contributed by atoms with Crippen LogP contribution < -0.4 is 5.32 Å². The lowest BCUT2D eigenvalue weighted by molar-refractivity contribution is -0.220. The number of amides is 1. The fourth-order valence-corrected chi connectivity index (χ4v) is 7.62. The summed E-state index contributed by atoms with van der Waals surface area (Å²) in [6.45, 7) is 7.02. The number of alkyl halides is 1. The smallest absolute Gasteiger partial charge is 0.306 e. The van der Waals surface area contributed by atoms with E-state index in [1.54, 1.807) is 13.2 Å². The number of ether oxygens (including phenoxy) is 2. The number of hydrogen-bond donors (Lipinski definition) is 3. The number of carbonyl (C=O) groups excluding carboxylic acids is 2. The van der Waals surface area contributed by atoms with Gasteiger partial charge in [0.1, 0.15) is 23.7 Å². The van der Waals surface area contributed by atoms with Gasteiger partial charge in [0.25, 0.3) is 0 Å². The second-order valence-corrected chi connectivity index (χ2v) is 14.8. The molecule has 1 amide bonds. The first kappa shape index (κ1) is 39.6. The van der Waals surface area contributed by atoms with Crippen LogP contribution in [0.1, 0.15) is 130 Å². The molecular formula is C34H63ClN2O6S. The Bertz CT molecular complexity index is 808. The van der Waals surface area contributed by atoms with Crippen LogP contribution in [0.2, 0.25) is 0 Å². The van der Waals surface area contributed by atoms with Gasteiger partial charge in [0.05, 0.1) is 17.5 Å². The average molecular weight is 663 g/mol. The van der Waals surface area contributed by atoms with E-state index in [9.17, 15) is 19.8 Å². The summed E-state index contributed by atoms with van der Waals surface area (Å²) in [7, 11) is 1.96. The van der Waals surface area contributed by atoms with E-state index in [4.69, 9.17) is 21.1 Å². The Morgan fingerprint density at radius 3 is 2.05 bits per heavy atom. The molecule has 2 aliphatic heterocycles. The zero-order valence-corrected chi connectivity index (χ0v) is 29.8. The van der Waals surface area contributed by atoms with Gasteiger partial charge in [-0.2, -0.15) is 0 Å². The first-order chi connectivity index (χ1) is 21.1. The first-order valence-corrected chi connectivity index (χ1v) is 19.2. The maximum Gasteiger partial charge on any atom is 0.306 e. The molecule has 258 valence electrons. The molecular weight excluding hydrogens is 600 g/mol. The second kappa shape index (κ2) is 22.1. The highest BCUT2D eigenvalue weighted by Gasteiger charge is 2.50. The van der Waals surface area contributed by atoms with E-state index in [0.29, 0.717) is 12.3 Å². The van der Waals surface area contributed by atoms with Crippen LogP contribution in [0, 0.1) is 5.92 Å². The van der Waals surface area contributed by atoms with Crippen molar-refractivity contribution in [3.05, 3.63) is 0 Å². The summed E-state index contributed by atoms with van der Waals surface area (Å²) >= 11 is 7.83. The van der Waals surface area contributed by atoms with Gasteiger partial charge in [-0.3, -0.25) is 14.5 Å². The van der Waals surface area contributed by atoms with Crippen molar-refractivity contribution in [3.8, 4) is 0 Å². The lowest BCUT2D eigenvalue weighted by Crippen LogP contribution is -2.65. The van der Waals surface area contributed by atoms with E-state index in [0.717, 1.165) is 38.6 Å². The van der Waals surface area contributed by atoms with Gasteiger partial charge in [-0.25, -0.2) is 0 Å². The maximum atomic E-state index is 13.4. The summed E-state index contributed by atoms with van der Waals surface area (Å²) in [6, 6.07) is -1.01. The minimum absolute atomic E-state index is 0.151. The fraction of sp³-hybridized carbons (Fsp3) is 0.941. The van der Waals surface area contributed by atoms with Crippen LogP contribution in [0.15, 0.2) is 0 Å². The Labute approximate surface area is 277 Å². The molecule has 10 heteroatoms. The van der Waals surface area contributed by atoms with Crippen LogP contribution >= 0.6 is 23.4 Å². The Hall–Kier alpha value is -0.580. The number of nitrogens with zero attached hydrogens (tertiary/aromatic N) is 1. The van der Waals surface area contributed by atoms with Crippen molar-refractivity contribution in [1.82, 2.24) is 10.2 Å². The van der Waals surface area contributed by atoms with Crippen LogP contribution in [-0.2, 0) is 19.1 Å². The number of rotatable bonds is 22. The molecule has 44 heavy (non-hydrogen) atoms. The molecule has 0 aromatic carbocycles. The first-order valence-electron chi connectivity index (χ1n) is 17.5. The second-order valence-electron chi connectivity index (χ2n) is 13.2. The van der Waals surface area contributed by atoms with E-state index < -0.39 is 47.2 Å². The molecule has 0 spiro atoms. The van der Waals surface area contributed by atoms with Crippen molar-refractivity contribution in [3.63, 3.8) is 0 Å². The predicted molar refractivity (Wildman–Crippen MR) is 181 cm³/mol. The topological polar surface area (TPSA) is 108 Å². The van der Waals surface area contributed by atoms with E-state index in [1.165, 1.54) is 76.0 Å². The van der Waals surface area contributed by atoms with Gasteiger partial charge in [-0.15, -0.1) is 23.4 Å². The summed E-state index contributed by atoms with van der Waals surface area (Å²) in [6.07, 6.45) is 16.2. The molecule has 9 atom stereocenters. The number of aliphatic hydroxyl groups is 2. The van der Waals surface area contributed by atoms with E-state index >= 15 is 0 Å². The molecule has 0 aromatic heterocycles. The summed E-state index contributed by atoms with van der Waals surface area (Å²) in [5.74, 6) is -0.119. The largest absolute Gasteiger partial charge is 0.457 e. The van der Waals surface area contributed by atoms with Crippen molar-refractivity contribution in [2.24, 2.45) is 5.92 Å². The van der Waals surface area contributed by atoms with Gasteiger partial charge >= 0.3 is 5.97 Å². The third-order valence-corrected chi connectivity index (χ3v) is 10.5. The lowest BCUT2D eigenvalue weighted by Gasteiger charge is -2.45. The zero-order chi connectivity index (χ0) is 32.5. The normalized spacial score (nSPS) is 29.0. The van der Waals surface area contributed by atoms with Crippen molar-refractivity contribution in [2.45, 2.75) is 177 Å². The van der Waals surface area contributed by atoms with E-state index in [1.807, 2.05) is 7.05 Å². The summed E-state index contributed by atoms with van der Waals surface area (Å²) in [5.41, 5.74) is -0.740. The zero-order valence-electron chi connectivity index (χ0n) is 28.2. The van der Waals surface area contributed by atoms with Crippen molar-refractivity contribution in [2.75, 3.05) is 19.8 Å². The summed E-state index contributed by atoms with van der Waals surface area (Å²) in [5, 5.41) is 24.7. The number of esters is 1. The van der Waals surface area contributed by atoms with Crippen LogP contribution in [-0.4, -0.2) is 94.2 Å². The van der Waals surface area contributed by atoms with Gasteiger partial charge in [-0.1, -0.05) is 97.3 Å². The van der Waals surface area contributed by atoms with Crippen molar-refractivity contribution >= 4 is 35.2 Å². The lowest BCUT2D eigenvalue weighted by atomic mass is 9.92. The Morgan fingerprint density at radius 1 is 0.955 bits per heavy atom. The Kier molecular flexibility index (Phi) is 19.9. The Morgan fingerprint density at radius 2 is 1.52 bits per heavy atom. The minimum Gasteiger partial charge on any atom is -0.457 e. The molecule has 2 saturated heterocycles. The third-order valence-electron chi connectivity index (χ3n) is 9.36. The molecule has 0 saturated carbocycles. The molecule has 0 radical (unpaired) electrons. The fourth-order valence-electron chi connectivity index (χ4n) is 6.74. The molecule has 6 unspecified atom stereocenters. The minimum atomic E-state index is -1.34. The van der Waals surface area contributed by atoms with Gasteiger partial charge in [-0.05, 0) is 45.4 Å². The molecule has 0 aliphatic carbocycles. The molecule has 0 aromatic rings. The SMILES string of the molecule is CCCCCCCCCCCCCCCC(=O)OC1C(O)[C@@H](SC)OC(C(NC(=O)[C@H]2CC(CCC)CN2C)C(C)Cl)[C@@H]1O. The highest BCUT2D eigenvalue weighted by molar-refractivity contribution is 7.99. The van der Waals surface area contributed by atoms with Crippen LogP contribution in [0.4, 0.5) is 0 Å². The number of aliphatic hydroxyl groups excluding tert-OH is 2. The number of unbranched alkanes of at least 4 members (excludes halogenated alkanes) is 12. The van der Waals surface area contributed by atoms with Gasteiger partial charge < -0.3 is 25.0 Å². The summed E-state index contributed by atoms with van der Waals surface area (Å²) in [4.78, 5) is 28.2. The number of nitrogens with one attached hydrogen (secondary N) is 1. The number of likely N-dealkylation sites (tertiary alicyclic amines) is 1. The number of thioether (sulfide) groups is 1. The van der Waals surface area contributed by atoms with Gasteiger partial charge in [0.15, 0.2) is 6.10 Å². The number of likely N-dealkylation sites (N-methyl/N-ethyl adjacent to an activating group) is 1. The average Bonchev–Trinajstić information content (AvgIpc) is 3.36. The Balaban J connectivity index is 1.82. The molecule has 3 N–H and O–H groups in total. The highest BCUT2D eigenvalue weighted by atomic mass is 35.5. The van der Waals surface area contributed by atoms with E-state index in [2.05, 4.69) is 24.1 Å². The molecule has 0 bridgehead atoms. The van der Waals surface area contributed by atoms with Crippen LogP contribution in [0.5, 0.6) is 0 Å². The van der Waals surface area contributed by atoms with Gasteiger partial charge in [0.2, 0.25) is 5.91 Å². The molecule has 2 heterocycles. The predicted octanol–water partition coefficient (Wildman–Crippen LogP) is 6.42. The summed E-state index contributed by atoms with van der Waals surface area (Å²) < 4.78 is 11.8. The molecule has 8 nitrogen and oxygen atoms in total. The van der Waals surface area contributed by atoms with Gasteiger partial charge in [0, 0.05) is 13.0 Å². The number of carbonyl (C=O) groups is 2. The number of halogens is 1. The third kappa shape index (κ3) is 13.3. The monoisotopic (exact) mass is 662 g/mol. The van der Waals surface area contributed by atoms with Crippen LogP contribution in [0.3, 0.4) is 0 Å².